The molecule has 1 saturated carbocycles. The van der Waals surface area contributed by atoms with E-state index in [2.05, 4.69) is 10.3 Å². The van der Waals surface area contributed by atoms with Gasteiger partial charge in [0.15, 0.2) is 5.96 Å². The Morgan fingerprint density at radius 1 is 1.22 bits per heavy atom. The second-order valence-electron chi connectivity index (χ2n) is 6.45. The second-order valence-corrected chi connectivity index (χ2v) is 6.45. The van der Waals surface area contributed by atoms with E-state index in [0.29, 0.717) is 45.2 Å². The third-order valence-electron chi connectivity index (χ3n) is 4.79. The Hall–Kier alpha value is -1.65. The van der Waals surface area contributed by atoms with Crippen LogP contribution in [-0.4, -0.2) is 67.7 Å². The molecule has 0 aromatic heterocycles. The Morgan fingerprint density at radius 3 is 2.37 bits per heavy atom. The van der Waals surface area contributed by atoms with Gasteiger partial charge >= 0.3 is 6.09 Å². The fraction of sp³-hybridized carbons (Fsp3) is 0.556. The van der Waals surface area contributed by atoms with Crippen LogP contribution >= 0.6 is 24.0 Å². The first-order valence-electron chi connectivity index (χ1n) is 8.89. The highest BCUT2D eigenvalue weighted by atomic mass is 127. The Bertz CT molecular complexity index is 676. The summed E-state index contributed by atoms with van der Waals surface area (Å²) >= 11 is 0. The van der Waals surface area contributed by atoms with Crippen molar-refractivity contribution >= 4 is 36.0 Å². The average Bonchev–Trinajstić information content (AvgIpc) is 3.38. The summed E-state index contributed by atoms with van der Waals surface area (Å²) < 4.78 is 32.8. The molecule has 1 aliphatic carbocycles. The minimum Gasteiger partial charge on any atom is -0.450 e. The van der Waals surface area contributed by atoms with Gasteiger partial charge in [-0.05, 0) is 25.5 Å². The SMILES string of the molecule is CCOC(=O)N1CCN(C(=NC)NC2CC2c2c(F)cccc2F)CC1.I. The number of halogens is 3. The molecule has 2 fully saturated rings. The zero-order valence-electron chi connectivity index (χ0n) is 15.5. The molecule has 6 nitrogen and oxygen atoms in total. The number of ether oxygens (including phenoxy) is 1. The van der Waals surface area contributed by atoms with E-state index in [9.17, 15) is 13.6 Å². The summed E-state index contributed by atoms with van der Waals surface area (Å²) in [4.78, 5) is 19.8. The van der Waals surface area contributed by atoms with Crippen LogP contribution in [0.2, 0.25) is 0 Å². The molecule has 3 rings (SSSR count). The van der Waals surface area contributed by atoms with Gasteiger partial charge in [0.05, 0.1) is 6.61 Å². The van der Waals surface area contributed by atoms with Gasteiger partial charge in [-0.1, -0.05) is 6.07 Å². The Morgan fingerprint density at radius 2 is 1.81 bits per heavy atom. The van der Waals surface area contributed by atoms with E-state index in [1.807, 2.05) is 4.90 Å². The number of benzene rings is 1. The summed E-state index contributed by atoms with van der Waals surface area (Å²) in [5, 5.41) is 3.29. The van der Waals surface area contributed by atoms with Crippen molar-refractivity contribution in [3.63, 3.8) is 0 Å². The van der Waals surface area contributed by atoms with Gasteiger partial charge in [0.2, 0.25) is 0 Å². The van der Waals surface area contributed by atoms with E-state index in [0.717, 1.165) is 0 Å². The average molecular weight is 494 g/mol. The smallest absolute Gasteiger partial charge is 0.409 e. The number of piperazine rings is 1. The van der Waals surface area contributed by atoms with E-state index < -0.39 is 11.6 Å². The molecule has 150 valence electrons. The number of guanidine groups is 1. The molecular weight excluding hydrogens is 469 g/mol. The maximum absolute atomic E-state index is 13.9. The van der Waals surface area contributed by atoms with Gasteiger partial charge in [0.25, 0.3) is 0 Å². The van der Waals surface area contributed by atoms with Crippen LogP contribution in [0.25, 0.3) is 0 Å². The molecule has 1 aromatic rings. The maximum Gasteiger partial charge on any atom is 0.409 e. The molecule has 0 radical (unpaired) electrons. The molecule has 9 heteroatoms. The van der Waals surface area contributed by atoms with Crippen molar-refractivity contribution in [2.24, 2.45) is 4.99 Å². The number of nitrogens with one attached hydrogen (secondary N) is 1. The van der Waals surface area contributed by atoms with Gasteiger partial charge in [-0.3, -0.25) is 4.99 Å². The molecule has 1 N–H and O–H groups in total. The lowest BCUT2D eigenvalue weighted by molar-refractivity contribution is 0.0914. The van der Waals surface area contributed by atoms with Gasteiger partial charge in [-0.15, -0.1) is 24.0 Å². The van der Waals surface area contributed by atoms with Gasteiger partial charge in [-0.25, -0.2) is 13.6 Å². The number of hydrogen-bond donors (Lipinski definition) is 1. The minimum absolute atomic E-state index is 0. The molecule has 2 unspecified atom stereocenters. The summed E-state index contributed by atoms with van der Waals surface area (Å²) in [6, 6.07) is 3.92. The monoisotopic (exact) mass is 494 g/mol. The van der Waals surface area contributed by atoms with E-state index >= 15 is 0 Å². The van der Waals surface area contributed by atoms with Crippen molar-refractivity contribution in [1.29, 1.82) is 0 Å². The zero-order chi connectivity index (χ0) is 18.7. The summed E-state index contributed by atoms with van der Waals surface area (Å²) in [6.45, 7) is 4.50. The second kappa shape index (κ2) is 9.52. The number of carbonyl (C=O) groups excluding carboxylic acids is 1. The summed E-state index contributed by atoms with van der Waals surface area (Å²) in [6.07, 6.45) is 0.368. The first kappa shape index (κ1) is 21.6. The number of carbonyl (C=O) groups is 1. The number of aliphatic imine (C=N–C) groups is 1. The van der Waals surface area contributed by atoms with Gasteiger partial charge in [0.1, 0.15) is 11.6 Å². The Balaban J connectivity index is 0.00000261. The van der Waals surface area contributed by atoms with Crippen molar-refractivity contribution in [2.75, 3.05) is 39.8 Å². The quantitative estimate of drug-likeness (QED) is 0.399. The van der Waals surface area contributed by atoms with E-state index in [1.54, 1.807) is 18.9 Å². The van der Waals surface area contributed by atoms with Crippen LogP contribution in [0.3, 0.4) is 0 Å². The fourth-order valence-electron chi connectivity index (χ4n) is 3.32. The van der Waals surface area contributed by atoms with Crippen molar-refractivity contribution in [3.05, 3.63) is 35.4 Å². The molecule has 1 heterocycles. The summed E-state index contributed by atoms with van der Waals surface area (Å²) in [5.74, 6) is -0.499. The lowest BCUT2D eigenvalue weighted by atomic mass is 10.1. The van der Waals surface area contributed by atoms with Gasteiger partial charge in [-0.2, -0.15) is 0 Å². The third-order valence-corrected chi connectivity index (χ3v) is 4.79. The van der Waals surface area contributed by atoms with Crippen LogP contribution in [0.1, 0.15) is 24.8 Å². The lowest BCUT2D eigenvalue weighted by Crippen LogP contribution is -2.54. The Kier molecular flexibility index (Phi) is 7.63. The highest BCUT2D eigenvalue weighted by molar-refractivity contribution is 14.0. The highest BCUT2D eigenvalue weighted by Crippen LogP contribution is 2.43. The normalized spacial score (nSPS) is 22.1. The molecule has 1 saturated heterocycles. The highest BCUT2D eigenvalue weighted by Gasteiger charge is 2.43. The van der Waals surface area contributed by atoms with Crippen LogP contribution < -0.4 is 5.32 Å². The molecule has 1 amide bonds. The molecule has 27 heavy (non-hydrogen) atoms. The van der Waals surface area contributed by atoms with Crippen LogP contribution in [-0.2, 0) is 4.74 Å². The molecule has 1 aliphatic heterocycles. The number of nitrogens with zero attached hydrogens (tertiary/aromatic N) is 3. The Labute approximate surface area is 175 Å². The molecular formula is C18H25F2IN4O2. The first-order valence-corrected chi connectivity index (χ1v) is 8.89. The number of amides is 1. The molecule has 2 atom stereocenters. The zero-order valence-corrected chi connectivity index (χ0v) is 17.8. The summed E-state index contributed by atoms with van der Waals surface area (Å²) in [5.41, 5.74) is 0.146. The predicted octanol–water partition coefficient (Wildman–Crippen LogP) is 2.79. The molecule has 0 bridgehead atoms. The van der Waals surface area contributed by atoms with Crippen molar-refractivity contribution in [2.45, 2.75) is 25.3 Å². The lowest BCUT2D eigenvalue weighted by Gasteiger charge is -2.36. The topological polar surface area (TPSA) is 57.2 Å². The first-order chi connectivity index (χ1) is 12.5. The predicted molar refractivity (Wildman–Crippen MR) is 110 cm³/mol. The van der Waals surface area contributed by atoms with E-state index in [-0.39, 0.29) is 47.6 Å². The van der Waals surface area contributed by atoms with E-state index in [1.165, 1.54) is 18.2 Å². The molecule has 2 aliphatic rings. The van der Waals surface area contributed by atoms with Crippen molar-refractivity contribution < 1.29 is 18.3 Å². The number of rotatable bonds is 3. The van der Waals surface area contributed by atoms with Crippen LogP contribution in [0, 0.1) is 11.6 Å². The number of hydrogen-bond acceptors (Lipinski definition) is 3. The summed E-state index contributed by atoms with van der Waals surface area (Å²) in [7, 11) is 1.68. The molecule has 0 spiro atoms. The van der Waals surface area contributed by atoms with Crippen molar-refractivity contribution in [3.8, 4) is 0 Å². The minimum atomic E-state index is -0.502. The maximum atomic E-state index is 13.9. The van der Waals surface area contributed by atoms with Crippen LogP contribution in [0.4, 0.5) is 13.6 Å². The largest absolute Gasteiger partial charge is 0.450 e. The van der Waals surface area contributed by atoms with Crippen LogP contribution in [0.5, 0.6) is 0 Å². The van der Waals surface area contributed by atoms with Gasteiger partial charge < -0.3 is 19.9 Å². The fourth-order valence-corrected chi connectivity index (χ4v) is 3.32. The van der Waals surface area contributed by atoms with E-state index in [4.69, 9.17) is 4.74 Å². The van der Waals surface area contributed by atoms with Crippen LogP contribution in [0.15, 0.2) is 23.2 Å². The van der Waals surface area contributed by atoms with Gasteiger partial charge in [0, 0.05) is 50.7 Å². The third kappa shape index (κ3) is 4.99. The molecule has 1 aromatic carbocycles. The van der Waals surface area contributed by atoms with Crippen molar-refractivity contribution in [1.82, 2.24) is 15.1 Å². The standard InChI is InChI=1S/C18H24F2N4O2.HI/c1-3-26-18(25)24-9-7-23(8-10-24)17(21-2)22-15-11-12(15)16-13(19)5-4-6-14(16)20;/h4-6,12,15H,3,7-11H2,1-2H3,(H,21,22);1H.